The van der Waals surface area contributed by atoms with Crippen LogP contribution in [0.3, 0.4) is 0 Å². The Balaban J connectivity index is 1.92. The topological polar surface area (TPSA) is 95.4 Å². The highest BCUT2D eigenvalue weighted by Crippen LogP contribution is 2.17. The van der Waals surface area contributed by atoms with Crippen molar-refractivity contribution < 1.29 is 14.3 Å². The summed E-state index contributed by atoms with van der Waals surface area (Å²) in [6, 6.07) is 6.51. The second kappa shape index (κ2) is 5.88. The molecule has 0 saturated carbocycles. The van der Waals surface area contributed by atoms with Gasteiger partial charge in [0.2, 0.25) is 5.91 Å². The number of carbonyl (C=O) groups excluding carboxylic acids is 2. The number of hydrogen-bond donors (Lipinski definition) is 0. The number of azide groups is 1. The summed E-state index contributed by atoms with van der Waals surface area (Å²) in [6.45, 7) is 1.02. The molecule has 0 spiro atoms. The Morgan fingerprint density at radius 2 is 2.16 bits per heavy atom. The fourth-order valence-electron chi connectivity index (χ4n) is 1.63. The predicted octanol–water partition coefficient (Wildman–Crippen LogP) is 1.75. The quantitative estimate of drug-likeness (QED) is 0.201. The van der Waals surface area contributed by atoms with Crippen LogP contribution in [0.25, 0.3) is 10.4 Å². The molecular weight excluding hydrogens is 248 g/mol. The molecule has 98 valence electrons. The lowest BCUT2D eigenvalue weighted by molar-refractivity contribution is -0.135. The molecule has 1 aromatic rings. The molecule has 7 nitrogen and oxygen atoms in total. The maximum absolute atomic E-state index is 11.9. The Bertz CT molecular complexity index is 534. The monoisotopic (exact) mass is 260 g/mol. The summed E-state index contributed by atoms with van der Waals surface area (Å²) >= 11 is 0. The first-order chi connectivity index (χ1) is 9.22. The molecule has 1 fully saturated rings. The molecule has 19 heavy (non-hydrogen) atoms. The van der Waals surface area contributed by atoms with Gasteiger partial charge in [0.1, 0.15) is 5.75 Å². The predicted molar refractivity (Wildman–Crippen MR) is 66.6 cm³/mol. The van der Waals surface area contributed by atoms with Gasteiger partial charge in [-0.1, -0.05) is 5.11 Å². The minimum absolute atomic E-state index is 0.139. The average Bonchev–Trinajstić information content (AvgIpc) is 2.42. The van der Waals surface area contributed by atoms with E-state index in [4.69, 9.17) is 10.3 Å². The molecule has 1 aliphatic rings. The van der Waals surface area contributed by atoms with E-state index >= 15 is 0 Å². The van der Waals surface area contributed by atoms with Crippen molar-refractivity contribution >= 4 is 11.8 Å². The zero-order valence-electron chi connectivity index (χ0n) is 10.2. The number of benzene rings is 1. The van der Waals surface area contributed by atoms with E-state index in [1.54, 1.807) is 24.3 Å². The first-order valence-electron chi connectivity index (χ1n) is 5.81. The number of rotatable bonds is 5. The summed E-state index contributed by atoms with van der Waals surface area (Å²) in [5, 5.41) is 3.34. The van der Waals surface area contributed by atoms with E-state index < -0.39 is 0 Å². The number of carbonyl (C=O) groups is 2. The van der Waals surface area contributed by atoms with Crippen molar-refractivity contribution in [3.63, 3.8) is 0 Å². The highest BCUT2D eigenvalue weighted by atomic mass is 16.5. The minimum Gasteiger partial charge on any atom is -0.493 e. The largest absolute Gasteiger partial charge is 0.493 e. The lowest BCUT2D eigenvalue weighted by Gasteiger charge is -2.28. The Kier molecular flexibility index (Phi) is 4.00. The Morgan fingerprint density at radius 3 is 2.68 bits per heavy atom. The summed E-state index contributed by atoms with van der Waals surface area (Å²) < 4.78 is 5.31. The van der Waals surface area contributed by atoms with Gasteiger partial charge >= 0.3 is 0 Å². The van der Waals surface area contributed by atoms with Crippen LogP contribution < -0.4 is 4.74 Å². The lowest BCUT2D eigenvalue weighted by Crippen LogP contribution is -2.47. The van der Waals surface area contributed by atoms with Crippen LogP contribution in [-0.4, -0.2) is 36.4 Å². The van der Waals surface area contributed by atoms with E-state index in [0.717, 1.165) is 0 Å². The van der Waals surface area contributed by atoms with Crippen molar-refractivity contribution in [2.24, 2.45) is 5.11 Å². The molecule has 1 heterocycles. The Hall–Kier alpha value is -2.53. The molecule has 2 amide bonds. The third kappa shape index (κ3) is 3.02. The first kappa shape index (κ1) is 12.9. The molecule has 1 saturated heterocycles. The Morgan fingerprint density at radius 1 is 1.42 bits per heavy atom. The molecule has 0 bridgehead atoms. The maximum Gasteiger partial charge on any atom is 0.260 e. The van der Waals surface area contributed by atoms with Crippen molar-refractivity contribution in [1.82, 2.24) is 4.90 Å². The van der Waals surface area contributed by atoms with Crippen molar-refractivity contribution in [2.45, 2.75) is 6.42 Å². The van der Waals surface area contributed by atoms with Gasteiger partial charge < -0.3 is 4.74 Å². The molecule has 2 rings (SSSR count). The zero-order valence-corrected chi connectivity index (χ0v) is 10.2. The number of amides is 2. The van der Waals surface area contributed by atoms with E-state index in [-0.39, 0.29) is 25.0 Å². The molecule has 0 aliphatic carbocycles. The van der Waals surface area contributed by atoms with Crippen LogP contribution in [0.1, 0.15) is 16.8 Å². The number of likely N-dealkylation sites (tertiary alicyclic amines) is 1. The molecule has 0 aromatic heterocycles. The van der Waals surface area contributed by atoms with E-state index in [1.807, 2.05) is 0 Å². The van der Waals surface area contributed by atoms with E-state index in [9.17, 15) is 9.59 Å². The molecule has 1 aromatic carbocycles. The van der Waals surface area contributed by atoms with Crippen molar-refractivity contribution in [2.75, 3.05) is 19.7 Å². The third-order valence-corrected chi connectivity index (χ3v) is 2.72. The van der Waals surface area contributed by atoms with Gasteiger partial charge in [-0.25, -0.2) is 0 Å². The van der Waals surface area contributed by atoms with Crippen LogP contribution in [0.15, 0.2) is 29.4 Å². The summed E-state index contributed by atoms with van der Waals surface area (Å²) in [4.78, 5) is 26.8. The number of nitrogens with zero attached hydrogens (tertiary/aromatic N) is 4. The second-order valence-corrected chi connectivity index (χ2v) is 3.93. The van der Waals surface area contributed by atoms with Crippen molar-refractivity contribution in [3.05, 3.63) is 40.3 Å². The van der Waals surface area contributed by atoms with Gasteiger partial charge in [0.15, 0.2) is 0 Å². The first-order valence-corrected chi connectivity index (χ1v) is 5.81. The van der Waals surface area contributed by atoms with Crippen LogP contribution in [0.2, 0.25) is 0 Å². The summed E-state index contributed by atoms with van der Waals surface area (Å²) in [5.41, 5.74) is 8.55. The molecular formula is C12H12N4O3. The fourth-order valence-corrected chi connectivity index (χ4v) is 1.63. The minimum atomic E-state index is -0.281. The van der Waals surface area contributed by atoms with Gasteiger partial charge in [-0.15, -0.1) is 0 Å². The second-order valence-electron chi connectivity index (χ2n) is 3.93. The fraction of sp³-hybridized carbons (Fsp3) is 0.333. The molecule has 0 unspecified atom stereocenters. The number of imide groups is 1. The van der Waals surface area contributed by atoms with Gasteiger partial charge in [0, 0.05) is 23.4 Å². The maximum atomic E-state index is 11.9. The number of β-lactam (4-membered cyclic amide) rings is 1. The van der Waals surface area contributed by atoms with E-state index in [2.05, 4.69) is 10.0 Å². The van der Waals surface area contributed by atoms with Crippen LogP contribution in [-0.2, 0) is 4.79 Å². The standard InChI is InChI=1S/C12H12N4O3/c13-15-14-6-8-19-10-3-1-9(2-4-10)12(18)16-7-5-11(16)17/h1-4H,5-8H2. The molecule has 0 atom stereocenters. The van der Waals surface area contributed by atoms with Crippen molar-refractivity contribution in [1.29, 1.82) is 0 Å². The van der Waals surface area contributed by atoms with Gasteiger partial charge in [-0.05, 0) is 29.8 Å². The highest BCUT2D eigenvalue weighted by Gasteiger charge is 2.30. The number of ether oxygens (including phenoxy) is 1. The average molecular weight is 260 g/mol. The summed E-state index contributed by atoms with van der Waals surface area (Å²) in [6.07, 6.45) is 0.437. The van der Waals surface area contributed by atoms with Gasteiger partial charge in [-0.2, -0.15) is 0 Å². The van der Waals surface area contributed by atoms with Crippen LogP contribution in [0, 0.1) is 0 Å². The van der Waals surface area contributed by atoms with Crippen LogP contribution in [0.4, 0.5) is 0 Å². The third-order valence-electron chi connectivity index (χ3n) is 2.72. The van der Waals surface area contributed by atoms with Crippen LogP contribution >= 0.6 is 0 Å². The van der Waals surface area contributed by atoms with Crippen molar-refractivity contribution in [3.8, 4) is 5.75 Å². The molecule has 1 aliphatic heterocycles. The lowest BCUT2D eigenvalue weighted by atomic mass is 10.1. The van der Waals surface area contributed by atoms with E-state index in [0.29, 0.717) is 24.3 Å². The van der Waals surface area contributed by atoms with Gasteiger partial charge in [0.25, 0.3) is 5.91 Å². The zero-order chi connectivity index (χ0) is 13.7. The smallest absolute Gasteiger partial charge is 0.260 e. The number of hydrogen-bond acceptors (Lipinski definition) is 4. The summed E-state index contributed by atoms with van der Waals surface area (Å²) in [7, 11) is 0. The highest BCUT2D eigenvalue weighted by molar-refractivity contribution is 6.07. The van der Waals surface area contributed by atoms with Gasteiger partial charge in [-0.3, -0.25) is 14.5 Å². The van der Waals surface area contributed by atoms with Gasteiger partial charge in [0.05, 0.1) is 13.2 Å². The Labute approximate surface area is 109 Å². The van der Waals surface area contributed by atoms with E-state index in [1.165, 1.54) is 4.90 Å². The SMILES string of the molecule is [N-]=[N+]=NCCOc1ccc(C(=O)N2CCC2=O)cc1. The molecule has 0 radical (unpaired) electrons. The normalized spacial score (nSPS) is 13.5. The summed E-state index contributed by atoms with van der Waals surface area (Å²) in [5.74, 6) is 0.163. The molecule has 0 N–H and O–H groups in total. The molecule has 7 heteroatoms. The van der Waals surface area contributed by atoms with Crippen LogP contribution in [0.5, 0.6) is 5.75 Å².